The second kappa shape index (κ2) is 4.31. The van der Waals surface area contributed by atoms with Gasteiger partial charge in [0.2, 0.25) is 0 Å². The van der Waals surface area contributed by atoms with Crippen LogP contribution in [0.3, 0.4) is 0 Å². The van der Waals surface area contributed by atoms with Gasteiger partial charge in [-0.25, -0.2) is 0 Å². The second-order valence-electron chi connectivity index (χ2n) is 2.35. The van der Waals surface area contributed by atoms with Crippen LogP contribution in [0.2, 0.25) is 10.0 Å². The second-order valence-corrected chi connectivity index (χ2v) is 3.69. The number of carbonyl (C=O) groups is 1. The molecule has 0 aliphatic heterocycles. The molecule has 0 aliphatic rings. The van der Waals surface area contributed by atoms with Crippen molar-refractivity contribution in [1.82, 2.24) is 0 Å². The molecule has 0 radical (unpaired) electrons. The lowest BCUT2D eigenvalue weighted by Crippen LogP contribution is -1.99. The SMILES string of the molecule is O=C(CBr)c1cc(O)c(Cl)c(Cl)c1. The molecule has 1 aromatic rings. The van der Waals surface area contributed by atoms with E-state index in [4.69, 9.17) is 23.2 Å². The van der Waals surface area contributed by atoms with Crippen molar-refractivity contribution >= 4 is 44.9 Å². The zero-order chi connectivity index (χ0) is 10.0. The van der Waals surface area contributed by atoms with Gasteiger partial charge in [-0.3, -0.25) is 4.79 Å². The smallest absolute Gasteiger partial charge is 0.173 e. The number of phenols is 1. The molecule has 2 nitrogen and oxygen atoms in total. The van der Waals surface area contributed by atoms with Gasteiger partial charge in [0.1, 0.15) is 10.8 Å². The number of Topliss-reactive ketones (excluding diaryl/α,β-unsaturated/α-hetero) is 1. The molecular weight excluding hydrogens is 279 g/mol. The number of phenolic OH excluding ortho intramolecular Hbond substituents is 1. The van der Waals surface area contributed by atoms with Crippen LogP contribution in [0, 0.1) is 0 Å². The van der Waals surface area contributed by atoms with Crippen LogP contribution in [0.1, 0.15) is 10.4 Å². The molecule has 13 heavy (non-hydrogen) atoms. The van der Waals surface area contributed by atoms with Crippen LogP contribution in [-0.4, -0.2) is 16.2 Å². The Labute approximate surface area is 93.6 Å². The van der Waals surface area contributed by atoms with Crippen molar-refractivity contribution in [3.05, 3.63) is 27.7 Å². The van der Waals surface area contributed by atoms with Crippen molar-refractivity contribution in [3.63, 3.8) is 0 Å². The fraction of sp³-hybridized carbons (Fsp3) is 0.125. The summed E-state index contributed by atoms with van der Waals surface area (Å²) in [7, 11) is 0. The first-order chi connectivity index (χ1) is 6.06. The molecule has 0 unspecified atom stereocenters. The van der Waals surface area contributed by atoms with Crippen LogP contribution < -0.4 is 0 Å². The van der Waals surface area contributed by atoms with Crippen LogP contribution in [0.4, 0.5) is 0 Å². The van der Waals surface area contributed by atoms with Gasteiger partial charge in [-0.15, -0.1) is 0 Å². The van der Waals surface area contributed by atoms with Gasteiger partial charge in [0.05, 0.1) is 10.4 Å². The van der Waals surface area contributed by atoms with Gasteiger partial charge in [-0.1, -0.05) is 39.1 Å². The van der Waals surface area contributed by atoms with Gasteiger partial charge in [-0.2, -0.15) is 0 Å². The van der Waals surface area contributed by atoms with Crippen LogP contribution in [0.5, 0.6) is 5.75 Å². The summed E-state index contributed by atoms with van der Waals surface area (Å²) in [4.78, 5) is 11.2. The molecule has 0 atom stereocenters. The minimum Gasteiger partial charge on any atom is -0.506 e. The van der Waals surface area contributed by atoms with E-state index in [2.05, 4.69) is 15.9 Å². The highest BCUT2D eigenvalue weighted by molar-refractivity contribution is 9.09. The van der Waals surface area contributed by atoms with E-state index in [-0.39, 0.29) is 26.9 Å². The van der Waals surface area contributed by atoms with Crippen molar-refractivity contribution in [2.24, 2.45) is 0 Å². The van der Waals surface area contributed by atoms with E-state index < -0.39 is 0 Å². The highest BCUT2D eigenvalue weighted by Crippen LogP contribution is 2.32. The molecule has 0 aromatic heterocycles. The lowest BCUT2D eigenvalue weighted by molar-refractivity contribution is 0.102. The Kier molecular flexibility index (Phi) is 3.59. The van der Waals surface area contributed by atoms with Gasteiger partial charge >= 0.3 is 0 Å². The van der Waals surface area contributed by atoms with E-state index in [0.29, 0.717) is 5.56 Å². The minimum atomic E-state index is -0.182. The molecule has 0 saturated carbocycles. The molecule has 0 bridgehead atoms. The van der Waals surface area contributed by atoms with E-state index in [0.717, 1.165) is 0 Å². The Hall–Kier alpha value is -0.250. The average Bonchev–Trinajstić information content (AvgIpc) is 2.12. The van der Waals surface area contributed by atoms with E-state index in [1.54, 1.807) is 0 Å². The number of hydrogen-bond acceptors (Lipinski definition) is 2. The van der Waals surface area contributed by atoms with Crippen molar-refractivity contribution in [3.8, 4) is 5.75 Å². The Morgan fingerprint density at radius 3 is 2.54 bits per heavy atom. The molecule has 0 amide bonds. The summed E-state index contributed by atoms with van der Waals surface area (Å²) in [5.74, 6) is -0.340. The predicted octanol–water partition coefficient (Wildman–Crippen LogP) is 3.28. The maximum Gasteiger partial charge on any atom is 0.173 e. The van der Waals surface area contributed by atoms with Crippen molar-refractivity contribution < 1.29 is 9.90 Å². The van der Waals surface area contributed by atoms with E-state index in [9.17, 15) is 9.90 Å². The molecule has 0 fully saturated rings. The van der Waals surface area contributed by atoms with Gasteiger partial charge in [0, 0.05) is 5.56 Å². The molecule has 0 aliphatic carbocycles. The summed E-state index contributed by atoms with van der Waals surface area (Å²) in [5, 5.41) is 9.66. The average molecular weight is 284 g/mol. The van der Waals surface area contributed by atoms with Crippen LogP contribution in [-0.2, 0) is 0 Å². The van der Waals surface area contributed by atoms with Crippen molar-refractivity contribution in [1.29, 1.82) is 0 Å². The molecule has 0 spiro atoms. The number of halogens is 3. The lowest BCUT2D eigenvalue weighted by Gasteiger charge is -2.02. The van der Waals surface area contributed by atoms with Crippen LogP contribution in [0.25, 0.3) is 0 Å². The third-order valence-electron chi connectivity index (χ3n) is 1.45. The summed E-state index contributed by atoms with van der Waals surface area (Å²) in [6.07, 6.45) is 0. The predicted molar refractivity (Wildman–Crippen MR) is 56.3 cm³/mol. The standard InChI is InChI=1S/C8H5BrCl2O2/c9-3-7(13)4-1-5(10)8(11)6(12)2-4/h1-2,12H,3H2. The molecule has 1 aromatic carbocycles. The zero-order valence-corrected chi connectivity index (χ0v) is 9.45. The Balaban J connectivity index is 3.20. The fourth-order valence-corrected chi connectivity index (χ4v) is 1.46. The number of ketones is 1. The zero-order valence-electron chi connectivity index (χ0n) is 6.35. The first kappa shape index (κ1) is 10.8. The summed E-state index contributed by atoms with van der Waals surface area (Å²) >= 11 is 14.3. The Morgan fingerprint density at radius 1 is 1.46 bits per heavy atom. The number of aromatic hydroxyl groups is 1. The first-order valence-electron chi connectivity index (χ1n) is 3.33. The van der Waals surface area contributed by atoms with Gasteiger partial charge in [0.25, 0.3) is 0 Å². The monoisotopic (exact) mass is 282 g/mol. The number of rotatable bonds is 2. The molecule has 0 heterocycles. The Morgan fingerprint density at radius 2 is 2.08 bits per heavy atom. The molecule has 0 saturated heterocycles. The summed E-state index contributed by atoms with van der Waals surface area (Å²) in [5.41, 5.74) is 0.337. The number of carbonyl (C=O) groups excluding carboxylic acids is 1. The maximum absolute atomic E-state index is 11.2. The van der Waals surface area contributed by atoms with E-state index in [1.807, 2.05) is 0 Å². The summed E-state index contributed by atoms with van der Waals surface area (Å²) in [6.45, 7) is 0. The molecule has 5 heteroatoms. The molecule has 1 rings (SSSR count). The van der Waals surface area contributed by atoms with Crippen molar-refractivity contribution in [2.75, 3.05) is 5.33 Å². The van der Waals surface area contributed by atoms with Gasteiger partial charge < -0.3 is 5.11 Å². The van der Waals surface area contributed by atoms with Crippen molar-refractivity contribution in [2.45, 2.75) is 0 Å². The van der Waals surface area contributed by atoms with Crippen LogP contribution in [0.15, 0.2) is 12.1 Å². The third-order valence-corrected chi connectivity index (χ3v) is 2.75. The molecule has 70 valence electrons. The highest BCUT2D eigenvalue weighted by Gasteiger charge is 2.10. The topological polar surface area (TPSA) is 37.3 Å². The summed E-state index contributed by atoms with van der Waals surface area (Å²) < 4.78 is 0. The Bertz CT molecular complexity index is 329. The first-order valence-corrected chi connectivity index (χ1v) is 5.21. The third kappa shape index (κ3) is 2.36. The highest BCUT2D eigenvalue weighted by atomic mass is 79.9. The van der Waals surface area contributed by atoms with Gasteiger partial charge in [0.15, 0.2) is 5.78 Å². The minimum absolute atomic E-state index is 0.0628. The quantitative estimate of drug-likeness (QED) is 0.668. The lowest BCUT2D eigenvalue weighted by atomic mass is 10.1. The van der Waals surface area contributed by atoms with E-state index in [1.165, 1.54) is 12.1 Å². The molecular formula is C8H5BrCl2O2. The van der Waals surface area contributed by atoms with Crippen LogP contribution >= 0.6 is 39.1 Å². The maximum atomic E-state index is 11.2. The number of alkyl halides is 1. The van der Waals surface area contributed by atoms with E-state index >= 15 is 0 Å². The normalized spacial score (nSPS) is 10.1. The largest absolute Gasteiger partial charge is 0.506 e. The van der Waals surface area contributed by atoms with Gasteiger partial charge in [-0.05, 0) is 12.1 Å². The summed E-state index contributed by atoms with van der Waals surface area (Å²) in [6, 6.07) is 2.71. The number of benzene rings is 1. The molecule has 1 N–H and O–H groups in total. The fourth-order valence-electron chi connectivity index (χ4n) is 0.813. The number of hydrogen-bond donors (Lipinski definition) is 1.